The molecule has 1 heterocycles. The second-order valence-corrected chi connectivity index (χ2v) is 4.09. The van der Waals surface area contributed by atoms with Crippen LogP contribution in [0.5, 0.6) is 0 Å². The molecule has 6 nitrogen and oxygen atoms in total. The van der Waals surface area contributed by atoms with Gasteiger partial charge in [-0.05, 0) is 26.3 Å². The highest BCUT2D eigenvalue weighted by atomic mass is 16.5. The summed E-state index contributed by atoms with van der Waals surface area (Å²) in [5.74, 6) is -1.11. The molecule has 1 unspecified atom stereocenters. The van der Waals surface area contributed by atoms with Crippen LogP contribution in [0, 0.1) is 25.2 Å². The molecule has 102 valence electrons. The quantitative estimate of drug-likeness (QED) is 0.615. The van der Waals surface area contributed by atoms with Gasteiger partial charge in [0.1, 0.15) is 11.8 Å². The number of esters is 1. The van der Waals surface area contributed by atoms with Crippen molar-refractivity contribution in [2.24, 2.45) is 0 Å². The third-order valence-electron chi connectivity index (χ3n) is 2.75. The molecule has 0 bridgehead atoms. The number of carbonyl (C=O) groups excluding carboxylic acids is 2. The average Bonchev–Trinajstić information content (AvgIpc) is 2.65. The van der Waals surface area contributed by atoms with E-state index < -0.39 is 17.9 Å². The van der Waals surface area contributed by atoms with Gasteiger partial charge in [-0.25, -0.2) is 4.79 Å². The number of Topliss-reactive ketones (excluding diaryl/α,β-unsaturated/α-hetero) is 1. The molecule has 2 N–H and O–H groups in total. The third kappa shape index (κ3) is 3.01. The smallest absolute Gasteiger partial charge is 0.355 e. The predicted octanol–water partition coefficient (Wildman–Crippen LogP) is 1.27. The summed E-state index contributed by atoms with van der Waals surface area (Å²) in [5, 5.41) is 18.1. The first-order valence-corrected chi connectivity index (χ1v) is 5.89. The van der Waals surface area contributed by atoms with Gasteiger partial charge in [0.15, 0.2) is 5.78 Å². The number of hydrogen-bond donors (Lipinski definition) is 2. The Morgan fingerprint density at radius 2 is 2.11 bits per heavy atom. The van der Waals surface area contributed by atoms with E-state index in [-0.39, 0.29) is 24.3 Å². The molecule has 0 saturated carbocycles. The van der Waals surface area contributed by atoms with Gasteiger partial charge in [-0.3, -0.25) is 4.79 Å². The summed E-state index contributed by atoms with van der Waals surface area (Å²) < 4.78 is 4.87. The lowest BCUT2D eigenvalue weighted by atomic mass is 10.0. The van der Waals surface area contributed by atoms with Gasteiger partial charge in [-0.1, -0.05) is 0 Å². The Kier molecular flexibility index (Phi) is 4.84. The van der Waals surface area contributed by atoms with Gasteiger partial charge in [0.25, 0.3) is 0 Å². The summed E-state index contributed by atoms with van der Waals surface area (Å²) in [7, 11) is 0. The van der Waals surface area contributed by atoms with Crippen LogP contribution < -0.4 is 0 Å². The first kappa shape index (κ1) is 14.9. The van der Waals surface area contributed by atoms with Gasteiger partial charge >= 0.3 is 5.97 Å². The highest BCUT2D eigenvalue weighted by Crippen LogP contribution is 2.21. The van der Waals surface area contributed by atoms with E-state index >= 15 is 0 Å². The van der Waals surface area contributed by atoms with E-state index in [4.69, 9.17) is 10.00 Å². The predicted molar refractivity (Wildman–Crippen MR) is 66.8 cm³/mol. The lowest BCUT2D eigenvalue weighted by Crippen LogP contribution is -2.21. The molecular formula is C13H16N2O4. The molecule has 0 amide bonds. The monoisotopic (exact) mass is 264 g/mol. The van der Waals surface area contributed by atoms with E-state index in [1.807, 2.05) is 0 Å². The van der Waals surface area contributed by atoms with Crippen molar-refractivity contribution in [1.29, 1.82) is 5.26 Å². The van der Waals surface area contributed by atoms with Crippen LogP contribution in [0.1, 0.15) is 45.4 Å². The maximum atomic E-state index is 12.0. The van der Waals surface area contributed by atoms with Crippen molar-refractivity contribution in [3.63, 3.8) is 0 Å². The minimum atomic E-state index is -1.38. The first-order valence-electron chi connectivity index (χ1n) is 5.89. The second kappa shape index (κ2) is 6.16. The zero-order valence-corrected chi connectivity index (χ0v) is 11.1. The highest BCUT2D eigenvalue weighted by Gasteiger charge is 2.26. The van der Waals surface area contributed by atoms with Gasteiger partial charge < -0.3 is 14.8 Å². The number of ketones is 1. The molecule has 0 aliphatic heterocycles. The number of carbonyl (C=O) groups is 2. The van der Waals surface area contributed by atoms with E-state index in [9.17, 15) is 14.7 Å². The number of nitrogens with one attached hydrogen (secondary N) is 1. The van der Waals surface area contributed by atoms with Crippen molar-refractivity contribution in [2.75, 3.05) is 6.61 Å². The summed E-state index contributed by atoms with van der Waals surface area (Å²) in [5.41, 5.74) is 1.35. The van der Waals surface area contributed by atoms with Gasteiger partial charge in [0.2, 0.25) is 0 Å². The van der Waals surface area contributed by atoms with Crippen molar-refractivity contribution in [3.05, 3.63) is 22.5 Å². The topological polar surface area (TPSA) is 103 Å². The molecule has 1 atom stereocenters. The van der Waals surface area contributed by atoms with Gasteiger partial charge in [-0.2, -0.15) is 5.26 Å². The van der Waals surface area contributed by atoms with Crippen LogP contribution in [-0.2, 0) is 4.74 Å². The van der Waals surface area contributed by atoms with E-state index in [2.05, 4.69) is 4.98 Å². The number of nitrogens with zero attached hydrogens (tertiary/aromatic N) is 1. The van der Waals surface area contributed by atoms with Crippen LogP contribution >= 0.6 is 0 Å². The van der Waals surface area contributed by atoms with Crippen molar-refractivity contribution < 1.29 is 19.4 Å². The zero-order valence-electron chi connectivity index (χ0n) is 11.1. The average molecular weight is 264 g/mol. The minimum absolute atomic E-state index is 0.201. The standard InChI is InChI=1S/C13H16N2O4/c1-4-19-13(18)11-7(2)10(8(3)15-11)12(17)9(16)5-6-14/h9,15-16H,4-5H2,1-3H3. The summed E-state index contributed by atoms with van der Waals surface area (Å²) in [4.78, 5) is 26.5. The van der Waals surface area contributed by atoms with E-state index in [0.29, 0.717) is 11.3 Å². The number of H-pyrrole nitrogens is 1. The zero-order chi connectivity index (χ0) is 14.6. The fraction of sp³-hybridized carbons (Fsp3) is 0.462. The number of ether oxygens (including phenoxy) is 1. The summed E-state index contributed by atoms with van der Waals surface area (Å²) in [6.07, 6.45) is -1.66. The Morgan fingerprint density at radius 1 is 1.47 bits per heavy atom. The first-order chi connectivity index (χ1) is 8.93. The molecule has 0 aliphatic carbocycles. The minimum Gasteiger partial charge on any atom is -0.461 e. The molecule has 0 fully saturated rings. The molecule has 1 aromatic heterocycles. The van der Waals surface area contributed by atoms with Crippen molar-refractivity contribution in [2.45, 2.75) is 33.3 Å². The van der Waals surface area contributed by atoms with Crippen LogP contribution in [0.2, 0.25) is 0 Å². The lowest BCUT2D eigenvalue weighted by molar-refractivity contribution is 0.0519. The van der Waals surface area contributed by atoms with Crippen LogP contribution in [0.4, 0.5) is 0 Å². The summed E-state index contributed by atoms with van der Waals surface area (Å²) in [6.45, 7) is 5.15. The van der Waals surface area contributed by atoms with Crippen molar-refractivity contribution in [3.8, 4) is 6.07 Å². The van der Waals surface area contributed by atoms with E-state index in [1.165, 1.54) is 0 Å². The van der Waals surface area contributed by atoms with E-state index in [1.54, 1.807) is 26.8 Å². The SMILES string of the molecule is CCOC(=O)c1[nH]c(C)c(C(=O)C(O)CC#N)c1C. The Bertz CT molecular complexity index is 540. The fourth-order valence-electron chi connectivity index (χ4n) is 1.87. The van der Waals surface area contributed by atoms with E-state index in [0.717, 1.165) is 0 Å². The van der Waals surface area contributed by atoms with Crippen LogP contribution in [0.15, 0.2) is 0 Å². The van der Waals surface area contributed by atoms with Gasteiger partial charge in [0.05, 0.1) is 19.1 Å². The second-order valence-electron chi connectivity index (χ2n) is 4.09. The van der Waals surface area contributed by atoms with Gasteiger partial charge in [0, 0.05) is 11.3 Å². The molecule has 19 heavy (non-hydrogen) atoms. The fourth-order valence-corrected chi connectivity index (χ4v) is 1.87. The molecule has 0 spiro atoms. The number of aliphatic hydroxyl groups excluding tert-OH is 1. The number of hydrogen-bond acceptors (Lipinski definition) is 5. The molecule has 0 radical (unpaired) electrons. The number of aryl methyl sites for hydroxylation is 1. The maximum Gasteiger partial charge on any atom is 0.355 e. The Morgan fingerprint density at radius 3 is 2.63 bits per heavy atom. The molecular weight excluding hydrogens is 248 g/mol. The summed E-state index contributed by atoms with van der Waals surface area (Å²) in [6, 6.07) is 1.73. The molecule has 1 rings (SSSR count). The number of aliphatic hydroxyl groups is 1. The number of aromatic nitrogens is 1. The Balaban J connectivity index is 3.14. The third-order valence-corrected chi connectivity index (χ3v) is 2.75. The number of aromatic amines is 1. The molecule has 1 aromatic rings. The van der Waals surface area contributed by atoms with Crippen molar-refractivity contribution >= 4 is 11.8 Å². The maximum absolute atomic E-state index is 12.0. The largest absolute Gasteiger partial charge is 0.461 e. The van der Waals surface area contributed by atoms with Crippen LogP contribution in [-0.4, -0.2) is 34.6 Å². The lowest BCUT2D eigenvalue weighted by Gasteiger charge is -2.06. The highest BCUT2D eigenvalue weighted by molar-refractivity contribution is 6.04. The molecule has 0 aromatic carbocycles. The van der Waals surface area contributed by atoms with Crippen LogP contribution in [0.25, 0.3) is 0 Å². The normalized spacial score (nSPS) is 11.7. The number of rotatable bonds is 5. The van der Waals surface area contributed by atoms with Crippen molar-refractivity contribution in [1.82, 2.24) is 4.98 Å². The Labute approximate surface area is 111 Å². The van der Waals surface area contributed by atoms with Gasteiger partial charge in [-0.15, -0.1) is 0 Å². The van der Waals surface area contributed by atoms with Crippen LogP contribution in [0.3, 0.4) is 0 Å². The molecule has 6 heteroatoms. The molecule has 0 saturated heterocycles. The molecule has 0 aliphatic rings. The summed E-state index contributed by atoms with van der Waals surface area (Å²) >= 11 is 0. The Hall–Kier alpha value is -2.13. The number of nitriles is 1.